The van der Waals surface area contributed by atoms with Gasteiger partial charge in [0.15, 0.2) is 0 Å². The molecule has 0 spiro atoms. The molecule has 81 valence electrons. The second kappa shape index (κ2) is 12.6. The van der Waals surface area contributed by atoms with E-state index in [1.807, 2.05) is 0 Å². The molecule has 0 nitrogen and oxygen atoms in total. The molecule has 0 atom stereocenters. The van der Waals surface area contributed by atoms with Crippen molar-refractivity contribution in [2.75, 3.05) is 0 Å². The van der Waals surface area contributed by atoms with Crippen LogP contribution < -0.4 is 0 Å². The van der Waals surface area contributed by atoms with Crippen molar-refractivity contribution in [3.8, 4) is 11.8 Å². The largest absolute Gasteiger partial charge is 0.103 e. The first-order valence-corrected chi connectivity index (χ1v) is 6.16. The van der Waals surface area contributed by atoms with Crippen LogP contribution >= 0.6 is 0 Å². The smallest absolute Gasteiger partial charge is 0.00890 e. The number of rotatable bonds is 8. The molecule has 0 N–H and O–H groups in total. The first-order chi connectivity index (χ1) is 6.91. The minimum Gasteiger partial charge on any atom is -0.103 e. The first kappa shape index (κ1) is 13.6. The van der Waals surface area contributed by atoms with Crippen LogP contribution in [0.2, 0.25) is 0 Å². The van der Waals surface area contributed by atoms with E-state index in [1.54, 1.807) is 0 Å². The van der Waals surface area contributed by atoms with Gasteiger partial charge in [0.05, 0.1) is 0 Å². The molecule has 0 saturated heterocycles. The summed E-state index contributed by atoms with van der Waals surface area (Å²) in [6.45, 7) is 5.95. The summed E-state index contributed by atoms with van der Waals surface area (Å²) in [5.41, 5.74) is 0. The van der Waals surface area contributed by atoms with Crippen LogP contribution in [0.5, 0.6) is 0 Å². The summed E-state index contributed by atoms with van der Waals surface area (Å²) in [4.78, 5) is 0. The average molecular weight is 193 g/mol. The maximum absolute atomic E-state index is 3.69. The van der Waals surface area contributed by atoms with Crippen LogP contribution in [0, 0.1) is 18.8 Å². The summed E-state index contributed by atoms with van der Waals surface area (Å²) in [5, 5.41) is 0. The normalized spacial score (nSPS) is 9.57. The SMILES string of the molecule is [CH2]CC#CCCCCCCCCCC. The Labute approximate surface area is 90.5 Å². The van der Waals surface area contributed by atoms with Gasteiger partial charge in [-0.05, 0) is 13.3 Å². The van der Waals surface area contributed by atoms with Gasteiger partial charge in [0.25, 0.3) is 0 Å². The van der Waals surface area contributed by atoms with Crippen molar-refractivity contribution in [3.63, 3.8) is 0 Å². The third-order valence-electron chi connectivity index (χ3n) is 2.41. The van der Waals surface area contributed by atoms with E-state index in [4.69, 9.17) is 0 Å². The molecule has 0 rings (SSSR count). The third kappa shape index (κ3) is 11.6. The van der Waals surface area contributed by atoms with Crippen molar-refractivity contribution >= 4 is 0 Å². The molecule has 0 aliphatic rings. The molecule has 0 bridgehead atoms. The Kier molecular flexibility index (Phi) is 12.2. The first-order valence-electron chi connectivity index (χ1n) is 6.16. The monoisotopic (exact) mass is 193 g/mol. The zero-order valence-corrected chi connectivity index (χ0v) is 9.78. The predicted octanol–water partition coefficient (Wildman–Crippen LogP) is 4.74. The lowest BCUT2D eigenvalue weighted by atomic mass is 10.1. The number of hydrogen-bond acceptors (Lipinski definition) is 0. The Balaban J connectivity index is 2.92. The Bertz CT molecular complexity index is 147. The molecule has 1 radical (unpaired) electrons. The van der Waals surface area contributed by atoms with Gasteiger partial charge in [0.2, 0.25) is 0 Å². The molecule has 0 aliphatic carbocycles. The van der Waals surface area contributed by atoms with Gasteiger partial charge in [-0.15, -0.1) is 11.8 Å². The molecular weight excluding hydrogens is 168 g/mol. The van der Waals surface area contributed by atoms with E-state index in [9.17, 15) is 0 Å². The fourth-order valence-electron chi connectivity index (χ4n) is 1.52. The average Bonchev–Trinajstić information content (AvgIpc) is 2.21. The molecule has 0 fully saturated rings. The van der Waals surface area contributed by atoms with Crippen molar-refractivity contribution in [2.45, 2.75) is 71.1 Å². The number of unbranched alkanes of at least 4 members (excludes halogenated alkanes) is 8. The van der Waals surface area contributed by atoms with Gasteiger partial charge in [0.1, 0.15) is 0 Å². The van der Waals surface area contributed by atoms with Gasteiger partial charge in [-0.3, -0.25) is 0 Å². The van der Waals surface area contributed by atoms with Crippen LogP contribution in [0.3, 0.4) is 0 Å². The summed E-state index contributed by atoms with van der Waals surface area (Å²) in [7, 11) is 0. The highest BCUT2D eigenvalue weighted by molar-refractivity contribution is 4.98. The maximum Gasteiger partial charge on any atom is 0.00890 e. The molecule has 0 aromatic heterocycles. The third-order valence-corrected chi connectivity index (χ3v) is 2.41. The summed E-state index contributed by atoms with van der Waals surface area (Å²) in [6.07, 6.45) is 12.9. The predicted molar refractivity (Wildman–Crippen MR) is 65.0 cm³/mol. The van der Waals surface area contributed by atoms with Crippen LogP contribution in [-0.2, 0) is 0 Å². The molecule has 0 saturated carbocycles. The molecule has 0 heteroatoms. The van der Waals surface area contributed by atoms with Crippen molar-refractivity contribution in [2.24, 2.45) is 0 Å². The van der Waals surface area contributed by atoms with Gasteiger partial charge < -0.3 is 0 Å². The van der Waals surface area contributed by atoms with Gasteiger partial charge in [-0.1, -0.05) is 51.9 Å². The Hall–Kier alpha value is -0.440. The van der Waals surface area contributed by atoms with E-state index in [1.165, 1.54) is 51.4 Å². The van der Waals surface area contributed by atoms with Crippen LogP contribution in [0.25, 0.3) is 0 Å². The summed E-state index contributed by atoms with van der Waals surface area (Å²) in [5.74, 6) is 6.14. The van der Waals surface area contributed by atoms with Crippen LogP contribution in [0.1, 0.15) is 71.1 Å². The minimum atomic E-state index is 0.761. The minimum absolute atomic E-state index is 0.761. The van der Waals surface area contributed by atoms with E-state index in [0.717, 1.165) is 12.8 Å². The Morgan fingerprint density at radius 2 is 1.36 bits per heavy atom. The standard InChI is InChI=1S/C14H25/c1-3-5-7-9-11-13-14-12-10-8-6-4-2/h1,3-4,6,8-14H2,2H3. The van der Waals surface area contributed by atoms with Gasteiger partial charge in [-0.25, -0.2) is 0 Å². The quantitative estimate of drug-likeness (QED) is 0.385. The summed E-state index contributed by atoms with van der Waals surface area (Å²) >= 11 is 0. The lowest BCUT2D eigenvalue weighted by Gasteiger charge is -1.99. The van der Waals surface area contributed by atoms with E-state index in [2.05, 4.69) is 25.7 Å². The molecule has 0 aliphatic heterocycles. The van der Waals surface area contributed by atoms with Crippen LogP contribution in [-0.4, -0.2) is 0 Å². The van der Waals surface area contributed by atoms with Gasteiger partial charge in [-0.2, -0.15) is 0 Å². The lowest BCUT2D eigenvalue weighted by molar-refractivity contribution is 0.579. The zero-order valence-electron chi connectivity index (χ0n) is 9.78. The second-order valence-electron chi connectivity index (χ2n) is 3.83. The Morgan fingerprint density at radius 3 is 1.93 bits per heavy atom. The highest BCUT2D eigenvalue weighted by Crippen LogP contribution is 2.08. The van der Waals surface area contributed by atoms with E-state index < -0.39 is 0 Å². The van der Waals surface area contributed by atoms with Crippen molar-refractivity contribution in [3.05, 3.63) is 6.92 Å². The van der Waals surface area contributed by atoms with Gasteiger partial charge >= 0.3 is 0 Å². The zero-order chi connectivity index (χ0) is 10.5. The summed E-state index contributed by atoms with van der Waals surface area (Å²) < 4.78 is 0. The van der Waals surface area contributed by atoms with E-state index in [-0.39, 0.29) is 0 Å². The molecule has 0 unspecified atom stereocenters. The highest BCUT2D eigenvalue weighted by atomic mass is 14.0. The van der Waals surface area contributed by atoms with E-state index >= 15 is 0 Å². The fraction of sp³-hybridized carbons (Fsp3) is 0.786. The fourth-order valence-corrected chi connectivity index (χ4v) is 1.52. The van der Waals surface area contributed by atoms with Crippen molar-refractivity contribution in [1.29, 1.82) is 0 Å². The highest BCUT2D eigenvalue weighted by Gasteiger charge is 1.89. The number of hydrogen-bond donors (Lipinski definition) is 0. The second-order valence-corrected chi connectivity index (χ2v) is 3.83. The maximum atomic E-state index is 3.69. The van der Waals surface area contributed by atoms with Crippen molar-refractivity contribution in [1.82, 2.24) is 0 Å². The molecular formula is C14H25. The molecule has 0 heterocycles. The van der Waals surface area contributed by atoms with Crippen LogP contribution in [0.15, 0.2) is 0 Å². The lowest BCUT2D eigenvalue weighted by Crippen LogP contribution is -1.79. The molecule has 0 aromatic rings. The molecule has 0 aromatic carbocycles. The van der Waals surface area contributed by atoms with Crippen molar-refractivity contribution < 1.29 is 0 Å². The Morgan fingerprint density at radius 1 is 0.786 bits per heavy atom. The summed E-state index contributed by atoms with van der Waals surface area (Å²) in [6, 6.07) is 0. The topological polar surface area (TPSA) is 0 Å². The van der Waals surface area contributed by atoms with E-state index in [0.29, 0.717) is 0 Å². The molecule has 14 heavy (non-hydrogen) atoms. The molecule has 0 amide bonds. The van der Waals surface area contributed by atoms with Crippen LogP contribution in [0.4, 0.5) is 0 Å². The van der Waals surface area contributed by atoms with Gasteiger partial charge in [0, 0.05) is 12.8 Å².